The van der Waals surface area contributed by atoms with Crippen molar-refractivity contribution < 1.29 is 14.6 Å². The Morgan fingerprint density at radius 1 is 1.52 bits per heavy atom. The average molecular weight is 357 g/mol. The molecule has 1 aromatic rings. The van der Waals surface area contributed by atoms with E-state index in [4.69, 9.17) is 4.74 Å². The molecule has 1 amide bonds. The minimum Gasteiger partial charge on any atom is -0.444 e. The molecular weight excluding hydrogens is 336 g/mol. The molecule has 116 valence electrons. The van der Waals surface area contributed by atoms with E-state index in [0.29, 0.717) is 23.1 Å². The third-order valence-corrected chi connectivity index (χ3v) is 4.01. The van der Waals surface area contributed by atoms with Gasteiger partial charge in [0.25, 0.3) is 0 Å². The number of hydrogen-bond donors (Lipinski definition) is 1. The number of halogens is 1. The molecule has 1 aliphatic rings. The summed E-state index contributed by atoms with van der Waals surface area (Å²) in [5, 5.41) is 10.9. The minimum absolute atomic E-state index is 0.214. The molecule has 0 radical (unpaired) electrons. The maximum atomic E-state index is 12.2. The van der Waals surface area contributed by atoms with Gasteiger partial charge in [0.05, 0.1) is 6.54 Å². The first-order valence-electron chi connectivity index (χ1n) is 7.03. The van der Waals surface area contributed by atoms with Gasteiger partial charge in [-0.2, -0.15) is 0 Å². The molecule has 1 fully saturated rings. The second-order valence-electron chi connectivity index (χ2n) is 6.38. The fraction of sp³-hybridized carbons (Fsp3) is 0.600. The van der Waals surface area contributed by atoms with Crippen LogP contribution in [0.15, 0.2) is 22.9 Å². The molecule has 1 atom stereocenters. The van der Waals surface area contributed by atoms with Crippen molar-refractivity contribution in [2.75, 3.05) is 13.1 Å². The van der Waals surface area contributed by atoms with Crippen LogP contribution in [-0.2, 0) is 10.3 Å². The summed E-state index contributed by atoms with van der Waals surface area (Å²) in [6.45, 7) is 6.30. The lowest BCUT2D eigenvalue weighted by atomic mass is 9.87. The van der Waals surface area contributed by atoms with Crippen LogP contribution in [-0.4, -0.2) is 39.8 Å². The zero-order valence-corrected chi connectivity index (χ0v) is 14.2. The number of rotatable bonds is 1. The quantitative estimate of drug-likeness (QED) is 0.785. The molecule has 21 heavy (non-hydrogen) atoms. The number of hydrogen-bond acceptors (Lipinski definition) is 4. The van der Waals surface area contributed by atoms with Gasteiger partial charge in [0.1, 0.15) is 15.8 Å². The summed E-state index contributed by atoms with van der Waals surface area (Å²) in [5.41, 5.74) is -0.928. The molecule has 6 heteroatoms. The number of pyridine rings is 1. The molecule has 2 heterocycles. The number of likely N-dealkylation sites (tertiary alicyclic amines) is 1. The molecule has 1 saturated heterocycles. The first-order chi connectivity index (χ1) is 9.71. The van der Waals surface area contributed by atoms with E-state index in [1.54, 1.807) is 17.2 Å². The van der Waals surface area contributed by atoms with Crippen LogP contribution in [0.25, 0.3) is 0 Å². The molecule has 0 aliphatic carbocycles. The molecular formula is C15H21BrN2O3. The number of β-amino-alcohol motifs (C(OH)–C–C–N with tert-alkyl or cyclic N) is 1. The zero-order valence-electron chi connectivity index (χ0n) is 12.6. The lowest BCUT2D eigenvalue weighted by Crippen LogP contribution is -2.50. The van der Waals surface area contributed by atoms with Crippen LogP contribution in [0.1, 0.15) is 39.2 Å². The fourth-order valence-electron chi connectivity index (χ4n) is 2.47. The summed E-state index contributed by atoms with van der Waals surface area (Å²) in [5.74, 6) is 0. The van der Waals surface area contributed by atoms with Crippen molar-refractivity contribution in [3.63, 3.8) is 0 Å². The molecule has 1 aromatic heterocycles. The monoisotopic (exact) mass is 356 g/mol. The maximum Gasteiger partial charge on any atom is 0.410 e. The summed E-state index contributed by atoms with van der Waals surface area (Å²) < 4.78 is 5.99. The molecule has 1 aliphatic heterocycles. The van der Waals surface area contributed by atoms with Crippen LogP contribution in [0.3, 0.4) is 0 Å². The highest BCUT2D eigenvalue weighted by molar-refractivity contribution is 9.10. The standard InChI is InChI=1S/C15H21BrN2O3/c1-14(2,3)21-13(19)18-9-5-7-15(20,10-18)11-6-4-8-17-12(11)16/h4,6,8,20H,5,7,9-10H2,1-3H3. The number of aromatic nitrogens is 1. The van der Waals surface area contributed by atoms with Gasteiger partial charge in [-0.25, -0.2) is 9.78 Å². The predicted molar refractivity (Wildman–Crippen MR) is 82.9 cm³/mol. The van der Waals surface area contributed by atoms with Crippen LogP contribution in [0.2, 0.25) is 0 Å². The van der Waals surface area contributed by atoms with Crippen LogP contribution in [0.5, 0.6) is 0 Å². The minimum atomic E-state index is -1.09. The lowest BCUT2D eigenvalue weighted by molar-refractivity contribution is -0.0471. The Hall–Kier alpha value is -1.14. The van der Waals surface area contributed by atoms with E-state index in [1.165, 1.54) is 0 Å². The second kappa shape index (κ2) is 5.93. The molecule has 0 aromatic carbocycles. The van der Waals surface area contributed by atoms with E-state index in [0.717, 1.165) is 6.42 Å². The average Bonchev–Trinajstić information content (AvgIpc) is 2.37. The lowest BCUT2D eigenvalue weighted by Gasteiger charge is -2.40. The number of amides is 1. The van der Waals surface area contributed by atoms with Gasteiger partial charge < -0.3 is 14.7 Å². The number of aliphatic hydroxyl groups is 1. The van der Waals surface area contributed by atoms with Gasteiger partial charge in [0, 0.05) is 18.3 Å². The van der Waals surface area contributed by atoms with Crippen molar-refractivity contribution in [1.82, 2.24) is 9.88 Å². The fourth-order valence-corrected chi connectivity index (χ4v) is 3.09. The molecule has 0 bridgehead atoms. The van der Waals surface area contributed by atoms with Gasteiger partial charge in [-0.3, -0.25) is 0 Å². The molecule has 0 saturated carbocycles. The molecule has 5 nitrogen and oxygen atoms in total. The van der Waals surface area contributed by atoms with E-state index in [1.807, 2.05) is 26.8 Å². The normalized spacial score (nSPS) is 23.0. The molecule has 1 unspecified atom stereocenters. The Balaban J connectivity index is 2.17. The van der Waals surface area contributed by atoms with Gasteiger partial charge in [-0.05, 0) is 55.6 Å². The highest BCUT2D eigenvalue weighted by Gasteiger charge is 2.39. The number of carbonyl (C=O) groups excluding carboxylic acids is 1. The van der Waals surface area contributed by atoms with E-state index >= 15 is 0 Å². The highest BCUT2D eigenvalue weighted by Crippen LogP contribution is 2.35. The summed E-state index contributed by atoms with van der Waals surface area (Å²) in [6, 6.07) is 3.61. The van der Waals surface area contributed by atoms with Crippen molar-refractivity contribution in [3.05, 3.63) is 28.5 Å². The van der Waals surface area contributed by atoms with E-state index in [9.17, 15) is 9.90 Å². The van der Waals surface area contributed by atoms with Crippen molar-refractivity contribution in [3.8, 4) is 0 Å². The predicted octanol–water partition coefficient (Wildman–Crippen LogP) is 3.06. The third-order valence-electron chi connectivity index (χ3n) is 3.38. The van der Waals surface area contributed by atoms with Crippen molar-refractivity contribution >= 4 is 22.0 Å². The Labute approximate surface area is 133 Å². The van der Waals surface area contributed by atoms with E-state index in [-0.39, 0.29) is 12.6 Å². The van der Waals surface area contributed by atoms with Crippen LogP contribution >= 0.6 is 15.9 Å². The van der Waals surface area contributed by atoms with Gasteiger partial charge in [0.2, 0.25) is 0 Å². The summed E-state index contributed by atoms with van der Waals surface area (Å²) >= 11 is 3.37. The van der Waals surface area contributed by atoms with E-state index in [2.05, 4.69) is 20.9 Å². The van der Waals surface area contributed by atoms with E-state index < -0.39 is 11.2 Å². The number of ether oxygens (including phenoxy) is 1. The Kier molecular flexibility index (Phi) is 4.58. The van der Waals surface area contributed by atoms with Crippen LogP contribution < -0.4 is 0 Å². The Morgan fingerprint density at radius 3 is 2.86 bits per heavy atom. The molecule has 1 N–H and O–H groups in total. The summed E-state index contributed by atoms with van der Waals surface area (Å²) in [4.78, 5) is 17.9. The van der Waals surface area contributed by atoms with Gasteiger partial charge in [-0.15, -0.1) is 0 Å². The van der Waals surface area contributed by atoms with Gasteiger partial charge in [0.15, 0.2) is 0 Å². The van der Waals surface area contributed by atoms with Crippen LogP contribution in [0.4, 0.5) is 4.79 Å². The number of carbonyl (C=O) groups is 1. The highest BCUT2D eigenvalue weighted by atomic mass is 79.9. The maximum absolute atomic E-state index is 12.2. The van der Waals surface area contributed by atoms with Gasteiger partial charge >= 0.3 is 6.09 Å². The number of nitrogens with zero attached hydrogens (tertiary/aromatic N) is 2. The van der Waals surface area contributed by atoms with Crippen LogP contribution in [0, 0.1) is 0 Å². The smallest absolute Gasteiger partial charge is 0.410 e. The summed E-state index contributed by atoms with van der Waals surface area (Å²) in [7, 11) is 0. The molecule has 2 rings (SSSR count). The molecule has 0 spiro atoms. The first kappa shape index (κ1) is 16.2. The Bertz CT molecular complexity index is 530. The van der Waals surface area contributed by atoms with Crippen molar-refractivity contribution in [2.45, 2.75) is 44.8 Å². The van der Waals surface area contributed by atoms with Crippen molar-refractivity contribution in [2.24, 2.45) is 0 Å². The largest absolute Gasteiger partial charge is 0.444 e. The zero-order chi connectivity index (χ0) is 15.7. The Morgan fingerprint density at radius 2 is 2.24 bits per heavy atom. The number of piperidine rings is 1. The SMILES string of the molecule is CC(C)(C)OC(=O)N1CCCC(O)(c2cccnc2Br)C1. The second-order valence-corrected chi connectivity index (χ2v) is 7.13. The topological polar surface area (TPSA) is 62.7 Å². The summed E-state index contributed by atoms with van der Waals surface area (Å²) in [6.07, 6.45) is 2.58. The van der Waals surface area contributed by atoms with Crippen molar-refractivity contribution in [1.29, 1.82) is 0 Å². The first-order valence-corrected chi connectivity index (χ1v) is 7.82. The third kappa shape index (κ3) is 3.95. The van der Waals surface area contributed by atoms with Gasteiger partial charge in [-0.1, -0.05) is 6.07 Å².